The van der Waals surface area contributed by atoms with Gasteiger partial charge in [0.25, 0.3) is 0 Å². The zero-order valence-electron chi connectivity index (χ0n) is 13.6. The number of carbonyl (C=O) groups is 2. The summed E-state index contributed by atoms with van der Waals surface area (Å²) in [6.07, 6.45) is -0.542. The second-order valence-electron chi connectivity index (χ2n) is 6.77. The lowest BCUT2D eigenvalue weighted by atomic mass is 9.86. The topological polar surface area (TPSA) is 46.6 Å². The van der Waals surface area contributed by atoms with Gasteiger partial charge in [-0.25, -0.2) is 9.18 Å². The molecule has 0 N–H and O–H groups in total. The predicted molar refractivity (Wildman–Crippen MR) is 86.7 cm³/mol. The number of ketones is 1. The maximum Gasteiger partial charge on any atom is 0.410 e. The van der Waals surface area contributed by atoms with E-state index in [0.717, 1.165) is 0 Å². The molecule has 1 aromatic carbocycles. The fourth-order valence-corrected chi connectivity index (χ4v) is 2.58. The van der Waals surface area contributed by atoms with Crippen molar-refractivity contribution in [3.63, 3.8) is 0 Å². The highest BCUT2D eigenvalue weighted by Gasteiger charge is 2.43. The molecule has 126 valence electrons. The third-order valence-electron chi connectivity index (χ3n) is 3.72. The number of alkyl halides is 1. The molecule has 0 bridgehead atoms. The monoisotopic (exact) mass is 341 g/mol. The summed E-state index contributed by atoms with van der Waals surface area (Å²) in [7, 11) is 0. The molecule has 0 atom stereocenters. The molecule has 0 aromatic heterocycles. The molecule has 0 radical (unpaired) electrons. The SMILES string of the molecule is CC(C)(C)OC(=O)N1CCC(F)(C(=O)c2ccc(Cl)cc2)CC1. The first-order valence-corrected chi connectivity index (χ1v) is 7.96. The number of hydrogen-bond donors (Lipinski definition) is 0. The van der Waals surface area contributed by atoms with E-state index in [9.17, 15) is 14.0 Å². The second-order valence-corrected chi connectivity index (χ2v) is 7.21. The van der Waals surface area contributed by atoms with Crippen molar-refractivity contribution in [2.45, 2.75) is 44.9 Å². The van der Waals surface area contributed by atoms with Crippen molar-refractivity contribution in [1.82, 2.24) is 4.90 Å². The minimum atomic E-state index is -1.95. The number of carbonyl (C=O) groups excluding carboxylic acids is 2. The van der Waals surface area contributed by atoms with E-state index in [1.54, 1.807) is 32.9 Å². The molecule has 0 saturated carbocycles. The third-order valence-corrected chi connectivity index (χ3v) is 3.97. The van der Waals surface area contributed by atoms with Crippen LogP contribution in [0.25, 0.3) is 0 Å². The molecule has 23 heavy (non-hydrogen) atoms. The zero-order valence-corrected chi connectivity index (χ0v) is 14.3. The van der Waals surface area contributed by atoms with Gasteiger partial charge in [0, 0.05) is 36.5 Å². The molecule has 6 heteroatoms. The van der Waals surface area contributed by atoms with Crippen molar-refractivity contribution in [2.75, 3.05) is 13.1 Å². The summed E-state index contributed by atoms with van der Waals surface area (Å²) in [4.78, 5) is 25.8. The standard InChI is InChI=1S/C17H21ClFNO3/c1-16(2,3)23-15(22)20-10-8-17(19,9-11-20)14(21)12-4-6-13(18)7-5-12/h4-7H,8-11H2,1-3H3. The largest absolute Gasteiger partial charge is 0.444 e. The molecule has 2 rings (SSSR count). The van der Waals surface area contributed by atoms with Crippen molar-refractivity contribution >= 4 is 23.5 Å². The van der Waals surface area contributed by atoms with Crippen LogP contribution in [0.2, 0.25) is 5.02 Å². The summed E-state index contributed by atoms with van der Waals surface area (Å²) in [5.41, 5.74) is -2.25. The number of halogens is 2. The molecule has 0 spiro atoms. The maximum atomic E-state index is 15.0. The van der Waals surface area contributed by atoms with Crippen LogP contribution in [0.4, 0.5) is 9.18 Å². The summed E-state index contributed by atoms with van der Waals surface area (Å²) in [6, 6.07) is 6.17. The van der Waals surface area contributed by atoms with Crippen LogP contribution < -0.4 is 0 Å². The molecular weight excluding hydrogens is 321 g/mol. The highest BCUT2D eigenvalue weighted by atomic mass is 35.5. The van der Waals surface area contributed by atoms with Gasteiger partial charge >= 0.3 is 6.09 Å². The first kappa shape index (κ1) is 17.7. The zero-order chi connectivity index (χ0) is 17.3. The van der Waals surface area contributed by atoms with E-state index in [1.165, 1.54) is 17.0 Å². The fraction of sp³-hybridized carbons (Fsp3) is 0.529. The molecule has 0 aliphatic carbocycles. The van der Waals surface area contributed by atoms with E-state index in [4.69, 9.17) is 16.3 Å². The van der Waals surface area contributed by atoms with Gasteiger partial charge in [-0.3, -0.25) is 4.79 Å². The van der Waals surface area contributed by atoms with Gasteiger partial charge in [0.1, 0.15) is 5.60 Å². The number of ether oxygens (including phenoxy) is 1. The van der Waals surface area contributed by atoms with Crippen molar-refractivity contribution in [3.05, 3.63) is 34.9 Å². The summed E-state index contributed by atoms with van der Waals surface area (Å²) < 4.78 is 20.2. The molecule has 1 aromatic rings. The number of amides is 1. The van der Waals surface area contributed by atoms with E-state index in [2.05, 4.69) is 0 Å². The first-order valence-electron chi connectivity index (χ1n) is 7.58. The molecule has 1 fully saturated rings. The smallest absolute Gasteiger partial charge is 0.410 e. The van der Waals surface area contributed by atoms with Gasteiger partial charge in [-0.2, -0.15) is 0 Å². The highest BCUT2D eigenvalue weighted by molar-refractivity contribution is 6.30. The van der Waals surface area contributed by atoms with Gasteiger partial charge in [-0.15, -0.1) is 0 Å². The van der Waals surface area contributed by atoms with E-state index < -0.39 is 23.1 Å². The van der Waals surface area contributed by atoms with Crippen molar-refractivity contribution < 1.29 is 18.7 Å². The Morgan fingerprint density at radius 3 is 2.17 bits per heavy atom. The van der Waals surface area contributed by atoms with Crippen LogP contribution in [0.5, 0.6) is 0 Å². The summed E-state index contributed by atoms with van der Waals surface area (Å²) in [6.45, 7) is 5.64. The maximum absolute atomic E-state index is 15.0. The average molecular weight is 342 g/mol. The Morgan fingerprint density at radius 2 is 1.70 bits per heavy atom. The molecule has 4 nitrogen and oxygen atoms in total. The van der Waals surface area contributed by atoms with Gasteiger partial charge in [-0.05, 0) is 45.0 Å². The molecule has 0 unspecified atom stereocenters. The Balaban J connectivity index is 2.00. The molecule has 1 saturated heterocycles. The van der Waals surface area contributed by atoms with E-state index in [0.29, 0.717) is 10.6 Å². The highest BCUT2D eigenvalue weighted by Crippen LogP contribution is 2.31. The summed E-state index contributed by atoms with van der Waals surface area (Å²) >= 11 is 5.78. The third kappa shape index (κ3) is 4.44. The van der Waals surface area contributed by atoms with Gasteiger partial charge in [-0.1, -0.05) is 11.6 Å². The number of benzene rings is 1. The molecule has 1 heterocycles. The lowest BCUT2D eigenvalue weighted by Gasteiger charge is -2.36. The van der Waals surface area contributed by atoms with Crippen LogP contribution in [0.3, 0.4) is 0 Å². The minimum Gasteiger partial charge on any atom is -0.444 e. The Hall–Kier alpha value is -1.62. The van der Waals surface area contributed by atoms with Gasteiger partial charge in [0.05, 0.1) is 0 Å². The molecule has 1 aliphatic heterocycles. The number of hydrogen-bond acceptors (Lipinski definition) is 3. The van der Waals surface area contributed by atoms with Crippen LogP contribution >= 0.6 is 11.6 Å². The van der Waals surface area contributed by atoms with Gasteiger partial charge in [0.15, 0.2) is 11.5 Å². The van der Waals surface area contributed by atoms with Crippen LogP contribution in [0.15, 0.2) is 24.3 Å². The number of piperidine rings is 1. The Morgan fingerprint density at radius 1 is 1.17 bits per heavy atom. The van der Waals surface area contributed by atoms with Crippen molar-refractivity contribution in [3.8, 4) is 0 Å². The number of likely N-dealkylation sites (tertiary alicyclic amines) is 1. The second kappa shape index (κ2) is 6.48. The molecule has 1 amide bonds. The normalized spacial score (nSPS) is 17.7. The summed E-state index contributed by atoms with van der Waals surface area (Å²) in [5.74, 6) is -0.557. The number of nitrogens with zero attached hydrogens (tertiary/aromatic N) is 1. The van der Waals surface area contributed by atoms with E-state index >= 15 is 0 Å². The van der Waals surface area contributed by atoms with Gasteiger partial charge in [0.2, 0.25) is 0 Å². The summed E-state index contributed by atoms with van der Waals surface area (Å²) in [5, 5.41) is 0.495. The van der Waals surface area contributed by atoms with Crippen molar-refractivity contribution in [2.24, 2.45) is 0 Å². The Kier molecular flexibility index (Phi) is 4.99. The first-order chi connectivity index (χ1) is 10.6. The number of Topliss-reactive ketones (excluding diaryl/α,β-unsaturated/α-hetero) is 1. The predicted octanol–water partition coefficient (Wildman–Crippen LogP) is 4.26. The number of rotatable bonds is 2. The fourth-order valence-electron chi connectivity index (χ4n) is 2.46. The quantitative estimate of drug-likeness (QED) is 0.755. The van der Waals surface area contributed by atoms with Crippen LogP contribution in [0.1, 0.15) is 44.0 Å². The average Bonchev–Trinajstić information content (AvgIpc) is 2.46. The Bertz CT molecular complexity index is 587. The Labute approximate surface area is 140 Å². The molecular formula is C17H21ClFNO3. The van der Waals surface area contributed by atoms with E-state index in [1.807, 2.05) is 0 Å². The minimum absolute atomic E-state index is 0.0340. The lowest BCUT2D eigenvalue weighted by molar-refractivity contribution is 0.00501. The van der Waals surface area contributed by atoms with E-state index in [-0.39, 0.29) is 25.9 Å². The van der Waals surface area contributed by atoms with Gasteiger partial charge < -0.3 is 9.64 Å². The van der Waals surface area contributed by atoms with Crippen LogP contribution in [-0.2, 0) is 4.74 Å². The van der Waals surface area contributed by atoms with Crippen molar-refractivity contribution in [1.29, 1.82) is 0 Å². The molecule has 1 aliphatic rings. The lowest BCUT2D eigenvalue weighted by Crippen LogP contribution is -2.49. The van der Waals surface area contributed by atoms with Crippen LogP contribution in [0, 0.1) is 0 Å². The van der Waals surface area contributed by atoms with Crippen LogP contribution in [-0.4, -0.2) is 41.1 Å².